The number of hydrogen-bond donors (Lipinski definition) is 1. The van der Waals surface area contributed by atoms with Gasteiger partial charge < -0.3 is 15.1 Å². The average molecular weight is 529 g/mol. The van der Waals surface area contributed by atoms with Gasteiger partial charge in [0.2, 0.25) is 0 Å². The van der Waals surface area contributed by atoms with Crippen LogP contribution in [0.25, 0.3) is 11.0 Å². The molecule has 8 nitrogen and oxygen atoms in total. The van der Waals surface area contributed by atoms with E-state index in [4.69, 9.17) is 0 Å². The second-order valence-corrected chi connectivity index (χ2v) is 11.3. The molecule has 1 aromatic carbocycles. The van der Waals surface area contributed by atoms with E-state index < -0.39 is 0 Å². The summed E-state index contributed by atoms with van der Waals surface area (Å²) in [6.45, 7) is 4.59. The van der Waals surface area contributed by atoms with Crippen LogP contribution >= 0.6 is 35.3 Å². The molecule has 35 heavy (non-hydrogen) atoms. The number of benzene rings is 1. The van der Waals surface area contributed by atoms with Gasteiger partial charge in [-0.2, -0.15) is 11.8 Å². The van der Waals surface area contributed by atoms with E-state index in [2.05, 4.69) is 32.9 Å². The highest BCUT2D eigenvalue weighted by Gasteiger charge is 2.16. The Labute approximate surface area is 217 Å². The van der Waals surface area contributed by atoms with Gasteiger partial charge in [-0.3, -0.25) is 4.98 Å². The molecule has 0 aliphatic heterocycles. The number of hydrogen-bond acceptors (Lipinski definition) is 8. The number of aryl methyl sites for hydroxylation is 1. The van der Waals surface area contributed by atoms with Crippen molar-refractivity contribution in [1.82, 2.24) is 24.5 Å². The zero-order chi connectivity index (χ0) is 24.6. The number of nitro groups is 1. The van der Waals surface area contributed by atoms with Crippen molar-refractivity contribution in [3.8, 4) is 0 Å². The Morgan fingerprint density at radius 2 is 1.89 bits per heavy atom. The molecule has 0 aliphatic rings. The summed E-state index contributed by atoms with van der Waals surface area (Å²) in [5.74, 6) is 4.67. The number of aromatic nitrogens is 5. The first-order valence-electron chi connectivity index (χ1n) is 11.4. The van der Waals surface area contributed by atoms with Crippen LogP contribution in [0.1, 0.15) is 29.9 Å². The fourth-order valence-corrected chi connectivity index (χ4v) is 6.62. The van der Waals surface area contributed by atoms with Crippen LogP contribution in [0.4, 0.5) is 5.82 Å². The quantitative estimate of drug-likeness (QED) is 0.0936. The largest absolute Gasteiger partial charge is 0.358 e. The van der Waals surface area contributed by atoms with Gasteiger partial charge in [-0.1, -0.05) is 23.9 Å². The Hall–Kier alpha value is -2.50. The zero-order valence-electron chi connectivity index (χ0n) is 19.8. The van der Waals surface area contributed by atoms with Crippen LogP contribution in [-0.2, 0) is 12.3 Å². The van der Waals surface area contributed by atoms with Gasteiger partial charge in [-0.15, -0.1) is 11.8 Å². The Morgan fingerprint density at radius 1 is 1.06 bits per heavy atom. The SMILES string of the molecule is Cc1c(SCCCSCCCn2c([N+](=O)[O-])cnc2C)ccnc1CSc1nc2ccccc2[nH]1. The van der Waals surface area contributed by atoms with Gasteiger partial charge >= 0.3 is 5.82 Å². The topological polar surface area (TPSA) is 103 Å². The summed E-state index contributed by atoms with van der Waals surface area (Å²) < 4.78 is 1.69. The number of pyridine rings is 1. The lowest BCUT2D eigenvalue weighted by atomic mass is 10.2. The van der Waals surface area contributed by atoms with Crippen LogP contribution in [0.2, 0.25) is 0 Å². The summed E-state index contributed by atoms with van der Waals surface area (Å²) >= 11 is 5.46. The molecule has 0 radical (unpaired) electrons. The molecule has 0 saturated carbocycles. The van der Waals surface area contributed by atoms with Crippen molar-refractivity contribution in [1.29, 1.82) is 0 Å². The maximum absolute atomic E-state index is 11.1. The van der Waals surface area contributed by atoms with Crippen molar-refractivity contribution in [3.63, 3.8) is 0 Å². The van der Waals surface area contributed by atoms with E-state index in [1.54, 1.807) is 23.3 Å². The van der Waals surface area contributed by atoms with E-state index >= 15 is 0 Å². The highest BCUT2D eigenvalue weighted by atomic mass is 32.2. The fourth-order valence-electron chi connectivity index (χ4n) is 3.64. The van der Waals surface area contributed by atoms with Crippen LogP contribution in [0.15, 0.2) is 52.8 Å². The van der Waals surface area contributed by atoms with Gasteiger partial charge in [0.25, 0.3) is 0 Å². The lowest BCUT2D eigenvalue weighted by molar-refractivity contribution is -0.392. The van der Waals surface area contributed by atoms with Gasteiger partial charge in [0.1, 0.15) is 6.20 Å². The molecule has 0 amide bonds. The lowest BCUT2D eigenvalue weighted by Gasteiger charge is -2.09. The second kappa shape index (κ2) is 12.5. The van der Waals surface area contributed by atoms with Gasteiger partial charge in [-0.05, 0) is 65.7 Å². The van der Waals surface area contributed by atoms with Crippen molar-refractivity contribution in [2.24, 2.45) is 0 Å². The molecule has 3 heterocycles. The third-order valence-electron chi connectivity index (χ3n) is 5.55. The van der Waals surface area contributed by atoms with Crippen LogP contribution in [-0.4, -0.2) is 46.7 Å². The average Bonchev–Trinajstić information content (AvgIpc) is 3.44. The van der Waals surface area contributed by atoms with Crippen LogP contribution in [0.5, 0.6) is 0 Å². The Morgan fingerprint density at radius 3 is 2.71 bits per heavy atom. The van der Waals surface area contributed by atoms with Crippen molar-refractivity contribution < 1.29 is 4.92 Å². The molecule has 0 aliphatic carbocycles. The normalized spacial score (nSPS) is 11.4. The monoisotopic (exact) mass is 528 g/mol. The Kier molecular flexibility index (Phi) is 9.11. The van der Waals surface area contributed by atoms with E-state index in [9.17, 15) is 10.1 Å². The minimum Gasteiger partial charge on any atom is -0.358 e. The van der Waals surface area contributed by atoms with Crippen molar-refractivity contribution >= 4 is 52.1 Å². The predicted molar refractivity (Wildman–Crippen MR) is 146 cm³/mol. The molecule has 11 heteroatoms. The summed E-state index contributed by atoms with van der Waals surface area (Å²) in [5, 5.41) is 12.0. The van der Waals surface area contributed by atoms with Gasteiger partial charge in [0.15, 0.2) is 11.0 Å². The number of H-pyrrole nitrogens is 1. The molecule has 0 saturated heterocycles. The highest BCUT2D eigenvalue weighted by Crippen LogP contribution is 2.29. The van der Waals surface area contributed by atoms with Crippen LogP contribution < -0.4 is 0 Å². The third-order valence-corrected chi connectivity index (χ3v) is 8.84. The van der Waals surface area contributed by atoms with E-state index in [-0.39, 0.29) is 10.7 Å². The number of imidazole rings is 2. The van der Waals surface area contributed by atoms with Crippen LogP contribution in [0.3, 0.4) is 0 Å². The summed E-state index contributed by atoms with van der Waals surface area (Å²) in [5.41, 5.74) is 4.38. The lowest BCUT2D eigenvalue weighted by Crippen LogP contribution is -2.06. The molecule has 0 atom stereocenters. The first-order valence-corrected chi connectivity index (χ1v) is 14.5. The Balaban J connectivity index is 1.16. The van der Waals surface area contributed by atoms with E-state index in [0.717, 1.165) is 57.7 Å². The molecular formula is C24H28N6O2S3. The smallest absolute Gasteiger partial charge is 0.342 e. The standard InChI is InChI=1S/C24H28N6O2S3/c1-17-21(16-35-24-27-19-7-3-4-8-20(19)28-24)25-10-9-22(17)34-14-6-13-33-12-5-11-29-18(2)26-15-23(29)30(31)32/h3-4,7-10,15H,5-6,11-14,16H2,1-2H3,(H,27,28). The number of nitrogens with zero attached hydrogens (tertiary/aromatic N) is 5. The Bertz CT molecular complexity index is 1260. The van der Waals surface area contributed by atoms with Gasteiger partial charge in [0.05, 0.1) is 23.3 Å². The van der Waals surface area contributed by atoms with Crippen LogP contribution in [0, 0.1) is 24.0 Å². The first-order chi connectivity index (χ1) is 17.0. The number of nitrogens with one attached hydrogen (secondary N) is 1. The summed E-state index contributed by atoms with van der Waals surface area (Å²) in [4.78, 5) is 28.6. The molecule has 3 aromatic heterocycles. The minimum absolute atomic E-state index is 0.0759. The van der Waals surface area contributed by atoms with Crippen molar-refractivity contribution in [2.45, 2.75) is 49.0 Å². The summed E-state index contributed by atoms with van der Waals surface area (Å²) in [6, 6.07) is 10.2. The number of thioether (sulfide) groups is 3. The molecule has 0 spiro atoms. The van der Waals surface area contributed by atoms with Crippen molar-refractivity contribution in [3.05, 3.63) is 69.9 Å². The van der Waals surface area contributed by atoms with E-state index in [0.29, 0.717) is 12.4 Å². The first kappa shape index (κ1) is 25.6. The zero-order valence-corrected chi connectivity index (χ0v) is 22.2. The van der Waals surface area contributed by atoms with Gasteiger partial charge in [0, 0.05) is 23.8 Å². The molecule has 184 valence electrons. The second-order valence-electron chi connectivity index (χ2n) is 7.97. The maximum atomic E-state index is 11.1. The third kappa shape index (κ3) is 6.80. The predicted octanol–water partition coefficient (Wildman–Crippen LogP) is 6.28. The molecule has 0 unspecified atom stereocenters. The molecule has 4 aromatic rings. The van der Waals surface area contributed by atoms with E-state index in [1.165, 1.54) is 16.7 Å². The van der Waals surface area contributed by atoms with Gasteiger partial charge in [-0.25, -0.2) is 14.5 Å². The minimum atomic E-state index is -0.367. The van der Waals surface area contributed by atoms with Crippen molar-refractivity contribution in [2.75, 3.05) is 17.3 Å². The molecular weight excluding hydrogens is 501 g/mol. The number of fused-ring (bicyclic) bond motifs is 1. The molecule has 1 N–H and O–H groups in total. The molecule has 4 rings (SSSR count). The highest BCUT2D eigenvalue weighted by molar-refractivity contribution is 8.00. The summed E-state index contributed by atoms with van der Waals surface area (Å²) in [7, 11) is 0. The number of rotatable bonds is 13. The molecule has 0 fully saturated rings. The number of para-hydroxylation sites is 2. The van der Waals surface area contributed by atoms with E-state index in [1.807, 2.05) is 54.0 Å². The number of aromatic amines is 1. The maximum Gasteiger partial charge on any atom is 0.342 e. The summed E-state index contributed by atoms with van der Waals surface area (Å²) in [6.07, 6.45) is 5.25. The fraction of sp³-hybridized carbons (Fsp3) is 0.375. The molecule has 0 bridgehead atoms.